The van der Waals surface area contributed by atoms with Crippen molar-refractivity contribution in [3.8, 4) is 5.69 Å². The summed E-state index contributed by atoms with van der Waals surface area (Å²) in [5, 5.41) is 2.82. The third-order valence-electron chi connectivity index (χ3n) is 2.58. The van der Waals surface area contributed by atoms with Gasteiger partial charge in [-0.25, -0.2) is 0 Å². The molecule has 0 saturated heterocycles. The molecule has 0 aliphatic heterocycles. The topological polar surface area (TPSA) is 43.3 Å². The number of ether oxygens (including phenoxy) is 1. The number of nitrogens with zero attached hydrogens (tertiary/aromatic N) is 1. The van der Waals surface area contributed by atoms with Crippen molar-refractivity contribution in [1.29, 1.82) is 0 Å². The van der Waals surface area contributed by atoms with Crippen molar-refractivity contribution in [2.75, 3.05) is 11.9 Å². The van der Waals surface area contributed by atoms with Gasteiger partial charge in [0, 0.05) is 23.8 Å². The molecule has 1 aromatic heterocycles. The van der Waals surface area contributed by atoms with Crippen molar-refractivity contribution >= 4 is 11.6 Å². The van der Waals surface area contributed by atoms with Crippen LogP contribution >= 0.6 is 0 Å². The third-order valence-corrected chi connectivity index (χ3v) is 2.58. The monoisotopic (exact) mass is 258 g/mol. The minimum absolute atomic E-state index is 0.0527. The number of rotatable bonds is 5. The van der Waals surface area contributed by atoms with Crippen molar-refractivity contribution in [1.82, 2.24) is 4.57 Å². The largest absolute Gasteiger partial charge is 0.369 e. The van der Waals surface area contributed by atoms with E-state index in [-0.39, 0.29) is 18.6 Å². The second-order valence-electron chi connectivity index (χ2n) is 4.55. The van der Waals surface area contributed by atoms with Gasteiger partial charge in [-0.3, -0.25) is 4.79 Å². The highest BCUT2D eigenvalue weighted by Gasteiger charge is 2.04. The second-order valence-corrected chi connectivity index (χ2v) is 4.55. The van der Waals surface area contributed by atoms with Gasteiger partial charge in [0.05, 0.1) is 6.10 Å². The quantitative estimate of drug-likeness (QED) is 0.896. The third kappa shape index (κ3) is 3.96. The van der Waals surface area contributed by atoms with Crippen LogP contribution in [0.15, 0.2) is 48.8 Å². The Morgan fingerprint density at radius 3 is 2.68 bits per heavy atom. The lowest BCUT2D eigenvalue weighted by molar-refractivity contribution is -0.121. The zero-order valence-corrected chi connectivity index (χ0v) is 11.2. The minimum Gasteiger partial charge on any atom is -0.369 e. The van der Waals surface area contributed by atoms with Crippen LogP contribution in [0.3, 0.4) is 0 Å². The Bertz CT molecular complexity index is 533. The summed E-state index contributed by atoms with van der Waals surface area (Å²) >= 11 is 0. The van der Waals surface area contributed by atoms with Crippen LogP contribution < -0.4 is 5.32 Å². The van der Waals surface area contributed by atoms with Gasteiger partial charge in [-0.2, -0.15) is 0 Å². The van der Waals surface area contributed by atoms with E-state index in [4.69, 9.17) is 4.74 Å². The van der Waals surface area contributed by atoms with E-state index in [0.717, 1.165) is 11.4 Å². The molecule has 2 rings (SSSR count). The highest BCUT2D eigenvalue weighted by molar-refractivity contribution is 5.91. The number of benzene rings is 1. The molecule has 100 valence electrons. The number of nitrogens with one attached hydrogen (secondary N) is 1. The molecular formula is C15H18N2O2. The van der Waals surface area contributed by atoms with Crippen molar-refractivity contribution in [3.05, 3.63) is 48.8 Å². The molecule has 0 radical (unpaired) electrons. The predicted molar refractivity (Wildman–Crippen MR) is 75.5 cm³/mol. The van der Waals surface area contributed by atoms with E-state index in [1.54, 1.807) is 0 Å². The summed E-state index contributed by atoms with van der Waals surface area (Å²) < 4.78 is 7.25. The number of aromatic nitrogens is 1. The van der Waals surface area contributed by atoms with Gasteiger partial charge in [0.15, 0.2) is 0 Å². The first-order valence-electron chi connectivity index (χ1n) is 6.30. The van der Waals surface area contributed by atoms with E-state index in [1.807, 2.05) is 67.2 Å². The lowest BCUT2D eigenvalue weighted by Gasteiger charge is -2.10. The fraction of sp³-hybridized carbons (Fsp3) is 0.267. The molecule has 0 unspecified atom stereocenters. The molecule has 0 saturated carbocycles. The smallest absolute Gasteiger partial charge is 0.250 e. The Labute approximate surface area is 113 Å². The highest BCUT2D eigenvalue weighted by Crippen LogP contribution is 2.14. The number of hydrogen-bond donors (Lipinski definition) is 1. The van der Waals surface area contributed by atoms with E-state index >= 15 is 0 Å². The van der Waals surface area contributed by atoms with E-state index in [2.05, 4.69) is 5.32 Å². The summed E-state index contributed by atoms with van der Waals surface area (Å²) in [7, 11) is 0. The average Bonchev–Trinajstić information content (AvgIpc) is 2.90. The normalized spacial score (nSPS) is 10.7. The standard InChI is InChI=1S/C15H18N2O2/c1-12(2)19-11-15(18)16-13-6-5-7-14(10-13)17-8-3-4-9-17/h3-10,12H,11H2,1-2H3,(H,16,18). The maximum Gasteiger partial charge on any atom is 0.250 e. The van der Waals surface area contributed by atoms with Gasteiger partial charge < -0.3 is 14.6 Å². The predicted octanol–water partition coefficient (Wildman–Crippen LogP) is 2.84. The lowest BCUT2D eigenvalue weighted by atomic mass is 10.2. The van der Waals surface area contributed by atoms with Gasteiger partial charge in [-0.1, -0.05) is 6.07 Å². The number of amides is 1. The molecule has 0 atom stereocenters. The van der Waals surface area contributed by atoms with Crippen LogP contribution in [0.4, 0.5) is 5.69 Å². The number of carbonyl (C=O) groups excluding carboxylic acids is 1. The first-order chi connectivity index (χ1) is 9.15. The van der Waals surface area contributed by atoms with Crippen LogP contribution in [0.2, 0.25) is 0 Å². The molecule has 0 bridgehead atoms. The molecule has 0 fully saturated rings. The van der Waals surface area contributed by atoms with Crippen LogP contribution in [-0.2, 0) is 9.53 Å². The molecule has 1 N–H and O–H groups in total. The van der Waals surface area contributed by atoms with Crippen molar-refractivity contribution < 1.29 is 9.53 Å². The first kappa shape index (κ1) is 13.4. The number of hydrogen-bond acceptors (Lipinski definition) is 2. The fourth-order valence-corrected chi connectivity index (χ4v) is 1.69. The highest BCUT2D eigenvalue weighted by atomic mass is 16.5. The summed E-state index contributed by atoms with van der Waals surface area (Å²) in [6.07, 6.45) is 3.97. The van der Waals surface area contributed by atoms with Crippen molar-refractivity contribution in [2.24, 2.45) is 0 Å². The molecule has 19 heavy (non-hydrogen) atoms. The lowest BCUT2D eigenvalue weighted by Crippen LogP contribution is -2.20. The zero-order chi connectivity index (χ0) is 13.7. The Morgan fingerprint density at radius 2 is 2.00 bits per heavy atom. The van der Waals surface area contributed by atoms with Crippen LogP contribution in [0.25, 0.3) is 5.69 Å². The van der Waals surface area contributed by atoms with Crippen LogP contribution in [0.1, 0.15) is 13.8 Å². The summed E-state index contributed by atoms with van der Waals surface area (Å²) in [4.78, 5) is 11.7. The molecule has 2 aromatic rings. The van der Waals surface area contributed by atoms with E-state index in [1.165, 1.54) is 0 Å². The van der Waals surface area contributed by atoms with Crippen LogP contribution in [-0.4, -0.2) is 23.2 Å². The van der Waals surface area contributed by atoms with Gasteiger partial charge in [0.25, 0.3) is 0 Å². The van der Waals surface area contributed by atoms with E-state index < -0.39 is 0 Å². The molecule has 1 heterocycles. The number of anilines is 1. The average molecular weight is 258 g/mol. The van der Waals surface area contributed by atoms with Crippen molar-refractivity contribution in [3.63, 3.8) is 0 Å². The van der Waals surface area contributed by atoms with E-state index in [9.17, 15) is 4.79 Å². The van der Waals surface area contributed by atoms with Crippen molar-refractivity contribution in [2.45, 2.75) is 20.0 Å². The second kappa shape index (κ2) is 6.20. The maximum atomic E-state index is 11.7. The van der Waals surface area contributed by atoms with Crippen LogP contribution in [0, 0.1) is 0 Å². The molecule has 0 spiro atoms. The van der Waals surface area contributed by atoms with Crippen LogP contribution in [0.5, 0.6) is 0 Å². The number of carbonyl (C=O) groups is 1. The summed E-state index contributed by atoms with van der Waals surface area (Å²) in [6.45, 7) is 3.88. The van der Waals surface area contributed by atoms with Gasteiger partial charge in [-0.05, 0) is 44.2 Å². The van der Waals surface area contributed by atoms with Gasteiger partial charge >= 0.3 is 0 Å². The minimum atomic E-state index is -0.140. The van der Waals surface area contributed by atoms with Gasteiger partial charge in [0.1, 0.15) is 6.61 Å². The molecule has 4 heteroatoms. The Morgan fingerprint density at radius 1 is 1.26 bits per heavy atom. The molecule has 1 amide bonds. The Hall–Kier alpha value is -2.07. The molecule has 4 nitrogen and oxygen atoms in total. The molecular weight excluding hydrogens is 240 g/mol. The SMILES string of the molecule is CC(C)OCC(=O)Nc1cccc(-n2cccc2)c1. The molecule has 0 aliphatic carbocycles. The summed E-state index contributed by atoms with van der Waals surface area (Å²) in [6, 6.07) is 11.6. The van der Waals surface area contributed by atoms with Gasteiger partial charge in [0.2, 0.25) is 5.91 Å². The fourth-order valence-electron chi connectivity index (χ4n) is 1.69. The Kier molecular flexibility index (Phi) is 4.36. The molecule has 1 aromatic carbocycles. The Balaban J connectivity index is 2.01. The maximum absolute atomic E-state index is 11.7. The van der Waals surface area contributed by atoms with Gasteiger partial charge in [-0.15, -0.1) is 0 Å². The summed E-state index contributed by atoms with van der Waals surface area (Å²) in [5.41, 5.74) is 1.77. The van der Waals surface area contributed by atoms with E-state index in [0.29, 0.717) is 0 Å². The first-order valence-corrected chi connectivity index (χ1v) is 6.30. The zero-order valence-electron chi connectivity index (χ0n) is 11.2. The summed E-state index contributed by atoms with van der Waals surface area (Å²) in [5.74, 6) is -0.140. The molecule has 0 aliphatic rings.